The van der Waals surface area contributed by atoms with Gasteiger partial charge in [-0.25, -0.2) is 0 Å². The fourth-order valence-electron chi connectivity index (χ4n) is 0.969. The van der Waals surface area contributed by atoms with Crippen molar-refractivity contribution in [3.05, 3.63) is 22.4 Å². The molecule has 1 unspecified atom stereocenters. The van der Waals surface area contributed by atoms with Crippen LogP contribution in [0.1, 0.15) is 17.7 Å². The number of carbonyl (C=O) groups excluding carboxylic acids is 1. The third-order valence-corrected chi connectivity index (χ3v) is 2.56. The second kappa shape index (κ2) is 4.77. The van der Waals surface area contributed by atoms with E-state index in [1.165, 1.54) is 13.3 Å². The molecule has 0 aliphatic heterocycles. The summed E-state index contributed by atoms with van der Waals surface area (Å²) < 4.78 is 0. The molecule has 0 fully saturated rings. The van der Waals surface area contributed by atoms with Gasteiger partial charge in [0.2, 0.25) is 0 Å². The van der Waals surface area contributed by atoms with E-state index < -0.39 is 0 Å². The van der Waals surface area contributed by atoms with Crippen LogP contribution in [0.25, 0.3) is 0 Å². The monoisotopic (exact) mass is 197 g/mol. The van der Waals surface area contributed by atoms with Crippen LogP contribution in [0.5, 0.6) is 0 Å². The van der Waals surface area contributed by atoms with E-state index >= 15 is 0 Å². The zero-order valence-electron chi connectivity index (χ0n) is 7.56. The summed E-state index contributed by atoms with van der Waals surface area (Å²) in [5.74, 6) is -0.191. The van der Waals surface area contributed by atoms with Crippen molar-refractivity contribution in [1.82, 2.24) is 0 Å². The minimum absolute atomic E-state index is 0.0725. The molecule has 0 saturated heterocycles. The lowest BCUT2D eigenvalue weighted by molar-refractivity contribution is -0.116. The van der Waals surface area contributed by atoms with Crippen LogP contribution in [0.15, 0.2) is 22.7 Å². The molecular formula is C9H11NO2S. The maximum Gasteiger partial charge on any atom is 0.143 e. The van der Waals surface area contributed by atoms with E-state index in [9.17, 15) is 4.79 Å². The Morgan fingerprint density at radius 3 is 3.00 bits per heavy atom. The Balaban J connectivity index is 2.81. The number of ketones is 1. The largest absolute Gasteiger partial charge is 0.399 e. The van der Waals surface area contributed by atoms with Crippen LogP contribution >= 0.6 is 11.3 Å². The summed E-state index contributed by atoms with van der Waals surface area (Å²) in [6.45, 7) is 1.55. The summed E-state index contributed by atoms with van der Waals surface area (Å²) in [5, 5.41) is 5.55. The maximum atomic E-state index is 11.2. The van der Waals surface area contributed by atoms with E-state index in [0.717, 1.165) is 4.88 Å². The SMILES string of the molecule is CO/N=C/C(C(C)=O)c1cccs1. The van der Waals surface area contributed by atoms with Gasteiger partial charge >= 0.3 is 0 Å². The summed E-state index contributed by atoms with van der Waals surface area (Å²) >= 11 is 1.54. The van der Waals surface area contributed by atoms with Gasteiger partial charge in [-0.05, 0) is 18.4 Å². The molecule has 70 valence electrons. The number of thiophene rings is 1. The Hall–Kier alpha value is -1.16. The molecule has 13 heavy (non-hydrogen) atoms. The Bertz CT molecular complexity index is 293. The minimum Gasteiger partial charge on any atom is -0.399 e. The zero-order chi connectivity index (χ0) is 9.68. The van der Waals surface area contributed by atoms with Gasteiger partial charge in [0.25, 0.3) is 0 Å². The topological polar surface area (TPSA) is 38.7 Å². The number of hydrogen-bond acceptors (Lipinski definition) is 4. The number of rotatable bonds is 4. The molecule has 0 amide bonds. The molecule has 1 atom stereocenters. The molecule has 1 aromatic heterocycles. The van der Waals surface area contributed by atoms with Crippen molar-refractivity contribution >= 4 is 23.3 Å². The Morgan fingerprint density at radius 2 is 2.54 bits per heavy atom. The molecule has 1 rings (SSSR count). The van der Waals surface area contributed by atoms with Crippen LogP contribution in [-0.2, 0) is 9.63 Å². The van der Waals surface area contributed by atoms with Crippen molar-refractivity contribution in [1.29, 1.82) is 0 Å². The van der Waals surface area contributed by atoms with E-state index in [0.29, 0.717) is 0 Å². The third-order valence-electron chi connectivity index (χ3n) is 1.60. The summed E-state index contributed by atoms with van der Waals surface area (Å²) in [6, 6.07) is 3.83. The van der Waals surface area contributed by atoms with E-state index in [2.05, 4.69) is 9.99 Å². The van der Waals surface area contributed by atoms with Crippen LogP contribution in [0, 0.1) is 0 Å². The fraction of sp³-hybridized carbons (Fsp3) is 0.333. The summed E-state index contributed by atoms with van der Waals surface area (Å²) in [7, 11) is 1.46. The predicted octanol–water partition coefficient (Wildman–Crippen LogP) is 2.05. The lowest BCUT2D eigenvalue weighted by Crippen LogP contribution is -2.08. The summed E-state index contributed by atoms with van der Waals surface area (Å²) in [4.78, 5) is 16.7. The first-order valence-electron chi connectivity index (χ1n) is 3.86. The predicted molar refractivity (Wildman–Crippen MR) is 53.2 cm³/mol. The van der Waals surface area contributed by atoms with Gasteiger partial charge in [-0.1, -0.05) is 11.2 Å². The van der Waals surface area contributed by atoms with Crippen molar-refractivity contribution in [2.24, 2.45) is 5.16 Å². The van der Waals surface area contributed by atoms with Gasteiger partial charge in [0.05, 0.1) is 12.1 Å². The second-order valence-electron chi connectivity index (χ2n) is 2.54. The smallest absolute Gasteiger partial charge is 0.143 e. The molecular weight excluding hydrogens is 186 g/mol. The lowest BCUT2D eigenvalue weighted by Gasteiger charge is -2.03. The van der Waals surface area contributed by atoms with Crippen molar-refractivity contribution in [2.75, 3.05) is 7.11 Å². The number of hydrogen-bond donors (Lipinski definition) is 0. The molecule has 0 radical (unpaired) electrons. The van der Waals surface area contributed by atoms with E-state index in [4.69, 9.17) is 0 Å². The van der Waals surface area contributed by atoms with Gasteiger partial charge in [0.1, 0.15) is 12.9 Å². The number of oxime groups is 1. The number of nitrogens with zero attached hydrogens (tertiary/aromatic N) is 1. The van der Waals surface area contributed by atoms with Gasteiger partial charge in [-0.3, -0.25) is 4.79 Å². The van der Waals surface area contributed by atoms with Crippen molar-refractivity contribution in [2.45, 2.75) is 12.8 Å². The van der Waals surface area contributed by atoms with Gasteiger partial charge in [-0.2, -0.15) is 0 Å². The molecule has 0 N–H and O–H groups in total. The van der Waals surface area contributed by atoms with Crippen molar-refractivity contribution < 1.29 is 9.63 Å². The molecule has 0 aliphatic rings. The Labute approximate surface area is 81.0 Å². The highest BCUT2D eigenvalue weighted by atomic mass is 32.1. The highest BCUT2D eigenvalue weighted by Gasteiger charge is 2.15. The highest BCUT2D eigenvalue weighted by molar-refractivity contribution is 7.10. The lowest BCUT2D eigenvalue weighted by atomic mass is 10.1. The molecule has 3 nitrogen and oxygen atoms in total. The summed E-state index contributed by atoms with van der Waals surface area (Å²) in [5.41, 5.74) is 0. The third kappa shape index (κ3) is 2.66. The first kappa shape index (κ1) is 9.92. The molecule has 1 aromatic rings. The van der Waals surface area contributed by atoms with Gasteiger partial charge in [-0.15, -0.1) is 11.3 Å². The standard InChI is InChI=1S/C9H11NO2S/c1-7(11)8(6-10-12-2)9-4-3-5-13-9/h3-6,8H,1-2H3/b10-6+. The Kier molecular flexibility index (Phi) is 3.64. The summed E-state index contributed by atoms with van der Waals surface area (Å²) in [6.07, 6.45) is 1.52. The van der Waals surface area contributed by atoms with Gasteiger partial charge in [0.15, 0.2) is 0 Å². The average Bonchev–Trinajstić information content (AvgIpc) is 2.57. The fourth-order valence-corrected chi connectivity index (χ4v) is 1.81. The highest BCUT2D eigenvalue weighted by Crippen LogP contribution is 2.20. The minimum atomic E-state index is -0.264. The molecule has 0 aliphatic carbocycles. The molecule has 0 bridgehead atoms. The van der Waals surface area contributed by atoms with Crippen molar-refractivity contribution in [3.63, 3.8) is 0 Å². The molecule has 1 heterocycles. The second-order valence-corrected chi connectivity index (χ2v) is 3.52. The van der Waals surface area contributed by atoms with E-state index in [1.54, 1.807) is 18.3 Å². The van der Waals surface area contributed by atoms with Gasteiger partial charge in [0, 0.05) is 4.88 Å². The quantitative estimate of drug-likeness (QED) is 0.547. The zero-order valence-corrected chi connectivity index (χ0v) is 8.38. The van der Waals surface area contributed by atoms with E-state index in [-0.39, 0.29) is 11.7 Å². The molecule has 0 saturated carbocycles. The maximum absolute atomic E-state index is 11.2. The normalized spacial score (nSPS) is 13.1. The van der Waals surface area contributed by atoms with Crippen LogP contribution in [-0.4, -0.2) is 19.1 Å². The van der Waals surface area contributed by atoms with E-state index in [1.807, 2.05) is 17.5 Å². The Morgan fingerprint density at radius 1 is 1.77 bits per heavy atom. The van der Waals surface area contributed by atoms with Crippen LogP contribution in [0.3, 0.4) is 0 Å². The van der Waals surface area contributed by atoms with Crippen LogP contribution in [0.4, 0.5) is 0 Å². The first-order valence-corrected chi connectivity index (χ1v) is 4.74. The van der Waals surface area contributed by atoms with Crippen LogP contribution < -0.4 is 0 Å². The van der Waals surface area contributed by atoms with Crippen LogP contribution in [0.2, 0.25) is 0 Å². The molecule has 0 aromatic carbocycles. The first-order chi connectivity index (χ1) is 6.25. The molecule has 4 heteroatoms. The number of carbonyl (C=O) groups is 1. The number of Topliss-reactive ketones (excluding diaryl/α,β-unsaturated/α-hetero) is 1. The van der Waals surface area contributed by atoms with Crippen molar-refractivity contribution in [3.8, 4) is 0 Å². The van der Waals surface area contributed by atoms with Gasteiger partial charge < -0.3 is 4.84 Å². The molecule has 0 spiro atoms. The average molecular weight is 197 g/mol.